The quantitative estimate of drug-likeness (QED) is 0.726. The molecule has 18 heavy (non-hydrogen) atoms. The number of nitrogens with zero attached hydrogens (tertiary/aromatic N) is 2. The molecule has 1 aliphatic rings. The molecule has 0 atom stereocenters. The molecule has 0 unspecified atom stereocenters. The fraction of sp³-hybridized carbons (Fsp3) is 0.692. The maximum Gasteiger partial charge on any atom is 0.136 e. The summed E-state index contributed by atoms with van der Waals surface area (Å²) in [5.74, 6) is 3.41. The van der Waals surface area contributed by atoms with E-state index in [1.165, 1.54) is 12.8 Å². The summed E-state index contributed by atoms with van der Waals surface area (Å²) < 4.78 is 5.05. The Morgan fingerprint density at radius 1 is 1.22 bits per heavy atom. The molecular weight excluding hydrogens is 228 g/mol. The molecule has 1 aromatic rings. The first-order valence-corrected chi connectivity index (χ1v) is 6.61. The first-order chi connectivity index (χ1) is 8.76. The van der Waals surface area contributed by atoms with Crippen molar-refractivity contribution in [3.05, 3.63) is 11.4 Å². The van der Waals surface area contributed by atoms with Crippen molar-refractivity contribution in [2.24, 2.45) is 0 Å². The summed E-state index contributed by atoms with van der Waals surface area (Å²) in [4.78, 5) is 9.25. The average Bonchev–Trinajstić information content (AvgIpc) is 3.18. The van der Waals surface area contributed by atoms with Gasteiger partial charge < -0.3 is 15.4 Å². The lowest BCUT2D eigenvalue weighted by Crippen LogP contribution is -2.14. The summed E-state index contributed by atoms with van der Waals surface area (Å²) in [7, 11) is 1.70. The first kappa shape index (κ1) is 13.1. The Morgan fingerprint density at radius 2 is 1.89 bits per heavy atom. The molecule has 0 aliphatic heterocycles. The Bertz CT molecular complexity index is 404. The van der Waals surface area contributed by atoms with E-state index in [0.29, 0.717) is 12.5 Å². The summed E-state index contributed by atoms with van der Waals surface area (Å²) in [6.45, 7) is 6.45. The van der Waals surface area contributed by atoms with E-state index in [2.05, 4.69) is 27.5 Å². The molecule has 1 aliphatic carbocycles. The Kier molecular flexibility index (Phi) is 4.36. The zero-order valence-corrected chi connectivity index (χ0v) is 11.4. The van der Waals surface area contributed by atoms with Crippen LogP contribution in [0.25, 0.3) is 0 Å². The predicted octanol–water partition coefficient (Wildman–Crippen LogP) is 2.15. The van der Waals surface area contributed by atoms with Gasteiger partial charge in [0.05, 0.1) is 6.61 Å². The van der Waals surface area contributed by atoms with Crippen LogP contribution in [0.2, 0.25) is 0 Å². The Balaban J connectivity index is 2.18. The standard InChI is InChI=1S/C13H22N4O/c1-4-14-11-9(2)12(15-7-8-18-3)17-13(16-11)10-5-6-10/h10H,4-8H2,1-3H3,(H2,14,15,16,17). The van der Waals surface area contributed by atoms with Crippen molar-refractivity contribution in [2.45, 2.75) is 32.6 Å². The molecule has 1 saturated carbocycles. The van der Waals surface area contributed by atoms with E-state index in [1.54, 1.807) is 7.11 Å². The molecule has 0 saturated heterocycles. The minimum Gasteiger partial charge on any atom is -0.383 e. The summed E-state index contributed by atoms with van der Waals surface area (Å²) in [5, 5.41) is 6.63. The van der Waals surface area contributed by atoms with Gasteiger partial charge in [0, 0.05) is 31.7 Å². The predicted molar refractivity (Wildman–Crippen MR) is 73.3 cm³/mol. The Morgan fingerprint density at radius 3 is 2.44 bits per heavy atom. The molecule has 1 fully saturated rings. The highest BCUT2D eigenvalue weighted by Crippen LogP contribution is 2.39. The van der Waals surface area contributed by atoms with E-state index in [9.17, 15) is 0 Å². The second-order valence-electron chi connectivity index (χ2n) is 4.63. The maximum atomic E-state index is 5.05. The first-order valence-electron chi connectivity index (χ1n) is 6.61. The van der Waals surface area contributed by atoms with Crippen LogP contribution in [0.15, 0.2) is 0 Å². The van der Waals surface area contributed by atoms with Gasteiger partial charge in [-0.15, -0.1) is 0 Å². The number of rotatable bonds is 7. The third kappa shape index (κ3) is 3.10. The summed E-state index contributed by atoms with van der Waals surface area (Å²) in [6.07, 6.45) is 2.43. The highest BCUT2D eigenvalue weighted by Gasteiger charge is 2.28. The van der Waals surface area contributed by atoms with Crippen LogP contribution in [0.1, 0.15) is 37.1 Å². The third-order valence-electron chi connectivity index (χ3n) is 3.05. The largest absolute Gasteiger partial charge is 0.383 e. The van der Waals surface area contributed by atoms with Crippen molar-refractivity contribution in [1.82, 2.24) is 9.97 Å². The molecular formula is C13H22N4O. The summed E-state index contributed by atoms with van der Waals surface area (Å²) >= 11 is 0. The van der Waals surface area contributed by atoms with Gasteiger partial charge in [-0.05, 0) is 26.7 Å². The van der Waals surface area contributed by atoms with Gasteiger partial charge in [-0.25, -0.2) is 9.97 Å². The van der Waals surface area contributed by atoms with Gasteiger partial charge in [-0.1, -0.05) is 0 Å². The average molecular weight is 250 g/mol. The van der Waals surface area contributed by atoms with Crippen molar-refractivity contribution in [2.75, 3.05) is 37.4 Å². The van der Waals surface area contributed by atoms with E-state index in [4.69, 9.17) is 4.74 Å². The maximum absolute atomic E-state index is 5.05. The van der Waals surface area contributed by atoms with Gasteiger partial charge in [-0.3, -0.25) is 0 Å². The minimum absolute atomic E-state index is 0.561. The van der Waals surface area contributed by atoms with Crippen LogP contribution in [-0.4, -0.2) is 36.8 Å². The Labute approximate surface area is 108 Å². The van der Waals surface area contributed by atoms with Gasteiger partial charge in [0.1, 0.15) is 17.5 Å². The third-order valence-corrected chi connectivity index (χ3v) is 3.05. The zero-order chi connectivity index (χ0) is 13.0. The topological polar surface area (TPSA) is 59.1 Å². The van der Waals surface area contributed by atoms with E-state index in [0.717, 1.165) is 36.1 Å². The van der Waals surface area contributed by atoms with Crippen molar-refractivity contribution >= 4 is 11.6 Å². The van der Waals surface area contributed by atoms with Crippen LogP contribution in [0.5, 0.6) is 0 Å². The molecule has 0 aromatic carbocycles. The van der Waals surface area contributed by atoms with Gasteiger partial charge in [0.2, 0.25) is 0 Å². The molecule has 5 nitrogen and oxygen atoms in total. The number of hydrogen-bond acceptors (Lipinski definition) is 5. The van der Waals surface area contributed by atoms with Crippen LogP contribution >= 0.6 is 0 Å². The van der Waals surface area contributed by atoms with Crippen LogP contribution in [0, 0.1) is 6.92 Å². The normalized spacial score (nSPS) is 14.6. The molecule has 5 heteroatoms. The summed E-state index contributed by atoms with van der Waals surface area (Å²) in [6, 6.07) is 0. The number of nitrogens with one attached hydrogen (secondary N) is 2. The number of anilines is 2. The number of aromatic nitrogens is 2. The minimum atomic E-state index is 0.561. The zero-order valence-electron chi connectivity index (χ0n) is 11.4. The molecule has 0 bridgehead atoms. The lowest BCUT2D eigenvalue weighted by molar-refractivity contribution is 0.210. The molecule has 1 aromatic heterocycles. The second kappa shape index (κ2) is 6.00. The monoisotopic (exact) mass is 250 g/mol. The fourth-order valence-corrected chi connectivity index (χ4v) is 1.84. The highest BCUT2D eigenvalue weighted by molar-refractivity contribution is 5.57. The van der Waals surface area contributed by atoms with Crippen LogP contribution in [0.3, 0.4) is 0 Å². The SMILES string of the molecule is CCNc1nc(C2CC2)nc(NCCOC)c1C. The van der Waals surface area contributed by atoms with Crippen molar-refractivity contribution in [3.63, 3.8) is 0 Å². The van der Waals surface area contributed by atoms with Gasteiger partial charge in [0.25, 0.3) is 0 Å². The van der Waals surface area contributed by atoms with E-state index in [1.807, 2.05) is 6.92 Å². The molecule has 100 valence electrons. The summed E-state index contributed by atoms with van der Waals surface area (Å²) in [5.41, 5.74) is 1.08. The van der Waals surface area contributed by atoms with E-state index < -0.39 is 0 Å². The lowest BCUT2D eigenvalue weighted by Gasteiger charge is -2.14. The van der Waals surface area contributed by atoms with Crippen LogP contribution in [-0.2, 0) is 4.74 Å². The molecule has 0 radical (unpaired) electrons. The fourth-order valence-electron chi connectivity index (χ4n) is 1.84. The van der Waals surface area contributed by atoms with E-state index in [-0.39, 0.29) is 0 Å². The highest BCUT2D eigenvalue weighted by atomic mass is 16.5. The molecule has 2 N–H and O–H groups in total. The van der Waals surface area contributed by atoms with E-state index >= 15 is 0 Å². The van der Waals surface area contributed by atoms with Crippen molar-refractivity contribution in [1.29, 1.82) is 0 Å². The number of ether oxygens (including phenoxy) is 1. The smallest absolute Gasteiger partial charge is 0.136 e. The number of methoxy groups -OCH3 is 1. The molecule has 1 heterocycles. The Hall–Kier alpha value is -1.36. The van der Waals surface area contributed by atoms with Gasteiger partial charge >= 0.3 is 0 Å². The lowest BCUT2D eigenvalue weighted by atomic mass is 10.2. The second-order valence-corrected chi connectivity index (χ2v) is 4.63. The van der Waals surface area contributed by atoms with Crippen molar-refractivity contribution < 1.29 is 4.74 Å². The molecule has 0 amide bonds. The van der Waals surface area contributed by atoms with Gasteiger partial charge in [0.15, 0.2) is 0 Å². The van der Waals surface area contributed by atoms with Crippen LogP contribution < -0.4 is 10.6 Å². The molecule has 2 rings (SSSR count). The molecule has 0 spiro atoms. The number of hydrogen-bond donors (Lipinski definition) is 2. The van der Waals surface area contributed by atoms with Crippen molar-refractivity contribution in [3.8, 4) is 0 Å². The van der Waals surface area contributed by atoms with Gasteiger partial charge in [-0.2, -0.15) is 0 Å². The van der Waals surface area contributed by atoms with Crippen LogP contribution in [0.4, 0.5) is 11.6 Å².